The Balaban J connectivity index is 0.00000144. The largest absolute Gasteiger partial charge is 0.493 e. The Bertz CT molecular complexity index is 436. The van der Waals surface area contributed by atoms with Crippen LogP contribution in [0.4, 0.5) is 0 Å². The van der Waals surface area contributed by atoms with Gasteiger partial charge in [-0.3, -0.25) is 4.99 Å². The van der Waals surface area contributed by atoms with Crippen LogP contribution in [0.15, 0.2) is 17.1 Å². The Morgan fingerprint density at radius 1 is 1.17 bits per heavy atom. The fourth-order valence-electron chi connectivity index (χ4n) is 1.97. The van der Waals surface area contributed by atoms with Crippen LogP contribution in [0.2, 0.25) is 0 Å². The molecule has 102 valence electrons. The fourth-order valence-corrected chi connectivity index (χ4v) is 1.97. The number of rotatable bonds is 3. The average molecular weight is 293 g/mol. The molecule has 1 aromatic rings. The lowest BCUT2D eigenvalue weighted by molar-refractivity contribution is 0.354. The van der Waals surface area contributed by atoms with E-state index in [0.717, 1.165) is 35.7 Å². The molecule has 0 saturated heterocycles. The molecule has 2 rings (SSSR count). The van der Waals surface area contributed by atoms with Crippen LogP contribution in [0.5, 0.6) is 11.5 Å². The normalized spacial score (nSPS) is 12.5. The third-order valence-corrected chi connectivity index (χ3v) is 2.80. The summed E-state index contributed by atoms with van der Waals surface area (Å²) in [6.45, 7) is 1.26. The van der Waals surface area contributed by atoms with Gasteiger partial charge in [0.05, 0.1) is 19.9 Å². The zero-order valence-corrected chi connectivity index (χ0v) is 12.1. The second-order valence-corrected chi connectivity index (χ2v) is 3.65. The van der Waals surface area contributed by atoms with E-state index >= 15 is 0 Å². The van der Waals surface area contributed by atoms with E-state index in [4.69, 9.17) is 15.2 Å². The lowest BCUT2D eigenvalue weighted by atomic mass is 9.97. The minimum absolute atomic E-state index is 0. The van der Waals surface area contributed by atoms with E-state index in [9.17, 15) is 0 Å². The molecule has 6 heteroatoms. The minimum Gasteiger partial charge on any atom is -0.493 e. The van der Waals surface area contributed by atoms with E-state index in [1.165, 1.54) is 5.56 Å². The third kappa shape index (κ3) is 3.07. The van der Waals surface area contributed by atoms with Crippen molar-refractivity contribution in [2.75, 3.05) is 27.3 Å². The van der Waals surface area contributed by atoms with Gasteiger partial charge in [0.1, 0.15) is 0 Å². The second-order valence-electron chi connectivity index (χ2n) is 3.65. The summed E-state index contributed by atoms with van der Waals surface area (Å²) in [5.74, 6) is 1.49. The van der Waals surface area contributed by atoms with Crippen LogP contribution in [-0.2, 0) is 6.42 Å². The Morgan fingerprint density at radius 3 is 2.33 bits per heavy atom. The van der Waals surface area contributed by atoms with Gasteiger partial charge in [0.15, 0.2) is 11.5 Å². The van der Waals surface area contributed by atoms with Crippen molar-refractivity contribution in [1.29, 1.82) is 0 Å². The SMILES string of the molecule is COc1cc2c(cc1OC)C(CN)=NCC2.Cl.Cl. The Kier molecular flexibility index (Phi) is 7.06. The number of fused-ring (bicyclic) bond motifs is 1. The van der Waals surface area contributed by atoms with E-state index in [-0.39, 0.29) is 24.8 Å². The second kappa shape index (κ2) is 7.46. The maximum atomic E-state index is 5.68. The van der Waals surface area contributed by atoms with Crippen LogP contribution >= 0.6 is 24.8 Å². The van der Waals surface area contributed by atoms with Crippen LogP contribution in [0.1, 0.15) is 11.1 Å². The van der Waals surface area contributed by atoms with Crippen molar-refractivity contribution in [3.63, 3.8) is 0 Å². The third-order valence-electron chi connectivity index (χ3n) is 2.80. The molecule has 0 aliphatic carbocycles. The highest BCUT2D eigenvalue weighted by Gasteiger charge is 2.17. The minimum atomic E-state index is 0. The summed E-state index contributed by atoms with van der Waals surface area (Å²) in [6.07, 6.45) is 0.930. The lowest BCUT2D eigenvalue weighted by Gasteiger charge is -2.18. The van der Waals surface area contributed by atoms with E-state index in [1.54, 1.807) is 14.2 Å². The maximum Gasteiger partial charge on any atom is 0.161 e. The summed E-state index contributed by atoms with van der Waals surface area (Å²) >= 11 is 0. The summed E-state index contributed by atoms with van der Waals surface area (Å²) in [5, 5.41) is 0. The molecular formula is C12H18Cl2N2O2. The monoisotopic (exact) mass is 292 g/mol. The number of ether oxygens (including phenoxy) is 2. The fraction of sp³-hybridized carbons (Fsp3) is 0.417. The highest BCUT2D eigenvalue weighted by atomic mass is 35.5. The lowest BCUT2D eigenvalue weighted by Crippen LogP contribution is -2.21. The first-order chi connectivity index (χ1) is 7.80. The summed E-state index contributed by atoms with van der Waals surface area (Å²) in [4.78, 5) is 4.42. The molecule has 18 heavy (non-hydrogen) atoms. The summed E-state index contributed by atoms with van der Waals surface area (Å²) in [6, 6.07) is 3.97. The summed E-state index contributed by atoms with van der Waals surface area (Å²) < 4.78 is 10.5. The van der Waals surface area contributed by atoms with Gasteiger partial charge in [-0.2, -0.15) is 0 Å². The van der Waals surface area contributed by atoms with Crippen LogP contribution in [0.3, 0.4) is 0 Å². The van der Waals surface area contributed by atoms with Crippen molar-refractivity contribution in [3.8, 4) is 11.5 Å². The van der Waals surface area contributed by atoms with E-state index in [2.05, 4.69) is 4.99 Å². The van der Waals surface area contributed by atoms with Crippen LogP contribution in [-0.4, -0.2) is 33.0 Å². The van der Waals surface area contributed by atoms with Crippen LogP contribution in [0, 0.1) is 0 Å². The average Bonchev–Trinajstić information content (AvgIpc) is 2.36. The Hall–Kier alpha value is -0.970. The van der Waals surface area contributed by atoms with Crippen molar-refractivity contribution in [2.24, 2.45) is 10.7 Å². The molecule has 0 spiro atoms. The Labute approximate surface area is 119 Å². The van der Waals surface area contributed by atoms with Crippen LogP contribution < -0.4 is 15.2 Å². The quantitative estimate of drug-likeness (QED) is 0.925. The number of hydrogen-bond donors (Lipinski definition) is 1. The van der Waals surface area contributed by atoms with Gasteiger partial charge in [-0.25, -0.2) is 0 Å². The first kappa shape index (κ1) is 17.0. The molecule has 0 radical (unpaired) electrons. The van der Waals surface area contributed by atoms with Crippen LogP contribution in [0.25, 0.3) is 0 Å². The maximum absolute atomic E-state index is 5.68. The topological polar surface area (TPSA) is 56.8 Å². The van der Waals surface area contributed by atoms with Gasteiger partial charge >= 0.3 is 0 Å². The molecule has 1 aliphatic rings. The van der Waals surface area contributed by atoms with Gasteiger partial charge < -0.3 is 15.2 Å². The zero-order chi connectivity index (χ0) is 11.5. The van der Waals surface area contributed by atoms with Gasteiger partial charge in [0.25, 0.3) is 0 Å². The number of benzene rings is 1. The molecule has 0 aromatic heterocycles. The van der Waals surface area contributed by atoms with Gasteiger partial charge in [-0.05, 0) is 24.1 Å². The number of aliphatic imine (C=N–C) groups is 1. The molecule has 1 aromatic carbocycles. The van der Waals surface area contributed by atoms with Gasteiger partial charge in [-0.15, -0.1) is 24.8 Å². The molecule has 1 aliphatic heterocycles. The summed E-state index contributed by atoms with van der Waals surface area (Å²) in [7, 11) is 3.28. The zero-order valence-electron chi connectivity index (χ0n) is 10.4. The molecule has 0 atom stereocenters. The van der Waals surface area contributed by atoms with Crippen molar-refractivity contribution in [3.05, 3.63) is 23.3 Å². The number of nitrogens with two attached hydrogens (primary N) is 1. The van der Waals surface area contributed by atoms with Gasteiger partial charge in [-0.1, -0.05) is 0 Å². The van der Waals surface area contributed by atoms with Crippen molar-refractivity contribution >= 4 is 30.5 Å². The molecule has 0 saturated carbocycles. The number of methoxy groups -OCH3 is 2. The molecular weight excluding hydrogens is 275 g/mol. The predicted molar refractivity (Wildman–Crippen MR) is 78.2 cm³/mol. The molecule has 0 bridgehead atoms. The highest BCUT2D eigenvalue weighted by molar-refractivity contribution is 6.04. The standard InChI is InChI=1S/C12H16N2O2.2ClH/c1-15-11-5-8-3-4-14-10(7-13)9(8)6-12(11)16-2;;/h5-6H,3-4,7,13H2,1-2H3;2*1H. The van der Waals surface area contributed by atoms with E-state index in [0.29, 0.717) is 6.54 Å². The first-order valence-electron chi connectivity index (χ1n) is 5.28. The molecule has 4 nitrogen and oxygen atoms in total. The molecule has 0 unspecified atom stereocenters. The van der Waals surface area contributed by atoms with E-state index < -0.39 is 0 Å². The molecule has 0 fully saturated rings. The van der Waals surface area contributed by atoms with Crippen molar-refractivity contribution in [1.82, 2.24) is 0 Å². The predicted octanol–water partition coefficient (Wildman–Crippen LogP) is 1.85. The van der Waals surface area contributed by atoms with Crippen molar-refractivity contribution in [2.45, 2.75) is 6.42 Å². The smallest absolute Gasteiger partial charge is 0.161 e. The Morgan fingerprint density at radius 2 is 1.78 bits per heavy atom. The first-order valence-corrected chi connectivity index (χ1v) is 5.28. The van der Waals surface area contributed by atoms with Crippen molar-refractivity contribution < 1.29 is 9.47 Å². The number of hydrogen-bond acceptors (Lipinski definition) is 4. The number of halogens is 2. The van der Waals surface area contributed by atoms with Gasteiger partial charge in [0, 0.05) is 18.7 Å². The molecule has 1 heterocycles. The highest BCUT2D eigenvalue weighted by Crippen LogP contribution is 2.32. The summed E-state index contributed by atoms with van der Waals surface area (Å²) in [5.41, 5.74) is 8.94. The molecule has 2 N–H and O–H groups in total. The number of nitrogens with zero attached hydrogens (tertiary/aromatic N) is 1. The molecule has 0 amide bonds. The van der Waals surface area contributed by atoms with Gasteiger partial charge in [0.2, 0.25) is 0 Å². The van der Waals surface area contributed by atoms with E-state index in [1.807, 2.05) is 12.1 Å².